The van der Waals surface area contributed by atoms with Gasteiger partial charge in [-0.3, -0.25) is 4.79 Å². The maximum absolute atomic E-state index is 12.7. The van der Waals surface area contributed by atoms with Gasteiger partial charge >= 0.3 is 0 Å². The molecule has 1 N–H and O–H groups in total. The number of amides is 1. The topological polar surface area (TPSA) is 41.5 Å². The highest BCUT2D eigenvalue weighted by atomic mass is 32.1. The molecule has 0 fully saturated rings. The summed E-state index contributed by atoms with van der Waals surface area (Å²) in [6.45, 7) is 1.98. The van der Waals surface area contributed by atoms with Crippen molar-refractivity contribution in [2.24, 2.45) is 5.10 Å². The molecule has 1 amide bonds. The van der Waals surface area contributed by atoms with Crippen molar-refractivity contribution < 1.29 is 9.18 Å². The molecule has 5 heteroatoms. The van der Waals surface area contributed by atoms with E-state index in [0.717, 1.165) is 16.0 Å². The SMILES string of the molecule is Cc1ccsc1/C=N\NC(=O)Cc1ccc(F)cc1. The molecule has 0 unspecified atom stereocenters. The summed E-state index contributed by atoms with van der Waals surface area (Å²) in [4.78, 5) is 12.6. The normalized spacial score (nSPS) is 10.8. The number of nitrogens with zero attached hydrogens (tertiary/aromatic N) is 1. The van der Waals surface area contributed by atoms with Crippen LogP contribution in [0, 0.1) is 12.7 Å². The van der Waals surface area contributed by atoms with Crippen LogP contribution in [0.5, 0.6) is 0 Å². The molecule has 0 aliphatic carbocycles. The number of nitrogens with one attached hydrogen (secondary N) is 1. The van der Waals surface area contributed by atoms with Crippen LogP contribution in [-0.2, 0) is 11.2 Å². The zero-order valence-electron chi connectivity index (χ0n) is 10.4. The Morgan fingerprint density at radius 2 is 2.11 bits per heavy atom. The third kappa shape index (κ3) is 3.99. The standard InChI is InChI=1S/C14H13FN2OS/c1-10-6-7-19-13(10)9-16-17-14(18)8-11-2-4-12(15)5-3-11/h2-7,9H,8H2,1H3,(H,17,18)/b16-9-. The van der Waals surface area contributed by atoms with Crippen LogP contribution in [0.1, 0.15) is 16.0 Å². The average Bonchev–Trinajstić information content (AvgIpc) is 2.78. The molecule has 1 aromatic carbocycles. The van der Waals surface area contributed by atoms with E-state index < -0.39 is 0 Å². The lowest BCUT2D eigenvalue weighted by atomic mass is 10.1. The number of hydrazone groups is 1. The fourth-order valence-electron chi connectivity index (χ4n) is 1.51. The Kier molecular flexibility index (Phi) is 4.41. The Morgan fingerprint density at radius 1 is 1.37 bits per heavy atom. The van der Waals surface area contributed by atoms with Crippen molar-refractivity contribution in [3.05, 3.63) is 57.5 Å². The minimum atomic E-state index is -0.310. The predicted octanol–water partition coefficient (Wildman–Crippen LogP) is 2.89. The number of carbonyl (C=O) groups excluding carboxylic acids is 1. The number of aryl methyl sites for hydroxylation is 1. The molecule has 0 aliphatic rings. The molecule has 1 aromatic heterocycles. The third-order valence-electron chi connectivity index (χ3n) is 2.55. The van der Waals surface area contributed by atoms with Gasteiger partial charge in [0, 0.05) is 4.88 Å². The number of hydrogen-bond acceptors (Lipinski definition) is 3. The molecule has 0 spiro atoms. The summed E-state index contributed by atoms with van der Waals surface area (Å²) in [5.74, 6) is -0.535. The van der Waals surface area contributed by atoms with Gasteiger partial charge in [-0.05, 0) is 41.6 Å². The van der Waals surface area contributed by atoms with Gasteiger partial charge in [-0.15, -0.1) is 11.3 Å². The summed E-state index contributed by atoms with van der Waals surface area (Å²) in [5.41, 5.74) is 4.33. The van der Waals surface area contributed by atoms with Crippen LogP contribution in [0.15, 0.2) is 40.8 Å². The van der Waals surface area contributed by atoms with Crippen LogP contribution in [0.3, 0.4) is 0 Å². The van der Waals surface area contributed by atoms with Crippen LogP contribution >= 0.6 is 11.3 Å². The van der Waals surface area contributed by atoms with Crippen molar-refractivity contribution >= 4 is 23.5 Å². The smallest absolute Gasteiger partial charge is 0.244 e. The molecule has 0 saturated heterocycles. The molecule has 3 nitrogen and oxygen atoms in total. The highest BCUT2D eigenvalue weighted by Gasteiger charge is 2.02. The van der Waals surface area contributed by atoms with E-state index in [1.807, 2.05) is 18.4 Å². The van der Waals surface area contributed by atoms with Gasteiger partial charge in [-0.1, -0.05) is 12.1 Å². The van der Waals surface area contributed by atoms with Crippen LogP contribution < -0.4 is 5.43 Å². The summed E-state index contributed by atoms with van der Waals surface area (Å²) in [6, 6.07) is 7.83. The van der Waals surface area contributed by atoms with Crippen molar-refractivity contribution in [3.63, 3.8) is 0 Å². The molecular formula is C14H13FN2OS. The summed E-state index contributed by atoms with van der Waals surface area (Å²) < 4.78 is 12.7. The van der Waals surface area contributed by atoms with Gasteiger partial charge in [0.25, 0.3) is 0 Å². The quantitative estimate of drug-likeness (QED) is 0.677. The molecule has 98 valence electrons. The van der Waals surface area contributed by atoms with Crippen LogP contribution in [0.4, 0.5) is 4.39 Å². The van der Waals surface area contributed by atoms with Crippen molar-refractivity contribution in [2.45, 2.75) is 13.3 Å². The van der Waals surface area contributed by atoms with E-state index in [1.165, 1.54) is 12.1 Å². The second-order valence-corrected chi connectivity index (χ2v) is 5.01. The molecule has 19 heavy (non-hydrogen) atoms. The monoisotopic (exact) mass is 276 g/mol. The van der Waals surface area contributed by atoms with Gasteiger partial charge in [-0.2, -0.15) is 5.10 Å². The predicted molar refractivity (Wildman–Crippen MR) is 74.9 cm³/mol. The lowest BCUT2D eigenvalue weighted by molar-refractivity contribution is -0.120. The summed E-state index contributed by atoms with van der Waals surface area (Å²) >= 11 is 1.56. The summed E-state index contributed by atoms with van der Waals surface area (Å²) in [7, 11) is 0. The van der Waals surface area contributed by atoms with Gasteiger partial charge in [0.2, 0.25) is 5.91 Å². The Morgan fingerprint density at radius 3 is 2.74 bits per heavy atom. The highest BCUT2D eigenvalue weighted by Crippen LogP contribution is 2.12. The van der Waals surface area contributed by atoms with Crippen molar-refractivity contribution in [2.75, 3.05) is 0 Å². The number of hydrogen-bond donors (Lipinski definition) is 1. The van der Waals surface area contributed by atoms with Crippen LogP contribution in [-0.4, -0.2) is 12.1 Å². The van der Waals surface area contributed by atoms with Gasteiger partial charge in [0.05, 0.1) is 12.6 Å². The number of halogens is 1. The third-order valence-corrected chi connectivity index (χ3v) is 3.50. The molecule has 2 aromatic rings. The van der Waals surface area contributed by atoms with Crippen LogP contribution in [0.2, 0.25) is 0 Å². The highest BCUT2D eigenvalue weighted by molar-refractivity contribution is 7.11. The zero-order chi connectivity index (χ0) is 13.7. The Balaban J connectivity index is 1.86. The molecule has 2 rings (SSSR count). The first-order chi connectivity index (χ1) is 9.15. The average molecular weight is 276 g/mol. The van der Waals surface area contributed by atoms with E-state index >= 15 is 0 Å². The number of benzene rings is 1. The van der Waals surface area contributed by atoms with Crippen molar-refractivity contribution in [3.8, 4) is 0 Å². The van der Waals surface area contributed by atoms with E-state index in [0.29, 0.717) is 0 Å². The van der Waals surface area contributed by atoms with E-state index in [4.69, 9.17) is 0 Å². The molecule has 0 atom stereocenters. The summed E-state index contributed by atoms with van der Waals surface area (Å²) in [5, 5.41) is 5.87. The Labute approximate surface area is 114 Å². The maximum atomic E-state index is 12.7. The van der Waals surface area contributed by atoms with Crippen molar-refractivity contribution in [1.29, 1.82) is 0 Å². The summed E-state index contributed by atoms with van der Waals surface area (Å²) in [6.07, 6.45) is 1.81. The molecule has 0 aliphatic heterocycles. The van der Waals surface area contributed by atoms with E-state index in [1.54, 1.807) is 29.7 Å². The molecule has 0 radical (unpaired) electrons. The Hall–Kier alpha value is -2.01. The minimum Gasteiger partial charge on any atom is -0.273 e. The number of carbonyl (C=O) groups is 1. The lowest BCUT2D eigenvalue weighted by Gasteiger charge is -2.00. The van der Waals surface area contributed by atoms with Gasteiger partial charge in [-0.25, -0.2) is 9.82 Å². The lowest BCUT2D eigenvalue weighted by Crippen LogP contribution is -2.19. The number of rotatable bonds is 4. The fraction of sp³-hybridized carbons (Fsp3) is 0.143. The number of thiophene rings is 1. The van der Waals surface area contributed by atoms with Crippen molar-refractivity contribution in [1.82, 2.24) is 5.43 Å². The maximum Gasteiger partial charge on any atom is 0.244 e. The molecule has 1 heterocycles. The molecule has 0 bridgehead atoms. The van der Waals surface area contributed by atoms with Gasteiger partial charge in [0.15, 0.2) is 0 Å². The zero-order valence-corrected chi connectivity index (χ0v) is 11.2. The first-order valence-electron chi connectivity index (χ1n) is 5.75. The fourth-order valence-corrected chi connectivity index (χ4v) is 2.29. The Bertz CT molecular complexity index is 590. The second-order valence-electron chi connectivity index (χ2n) is 4.06. The van der Waals surface area contributed by atoms with Crippen LogP contribution in [0.25, 0.3) is 0 Å². The first kappa shape index (κ1) is 13.4. The largest absolute Gasteiger partial charge is 0.273 e. The minimum absolute atomic E-state index is 0.182. The van der Waals surface area contributed by atoms with E-state index in [-0.39, 0.29) is 18.1 Å². The van der Waals surface area contributed by atoms with Gasteiger partial charge in [0.1, 0.15) is 5.82 Å². The van der Waals surface area contributed by atoms with E-state index in [2.05, 4.69) is 10.5 Å². The molecule has 0 saturated carbocycles. The molecular weight excluding hydrogens is 263 g/mol. The van der Waals surface area contributed by atoms with Gasteiger partial charge < -0.3 is 0 Å². The second kappa shape index (κ2) is 6.24. The first-order valence-corrected chi connectivity index (χ1v) is 6.63. The van der Waals surface area contributed by atoms with E-state index in [9.17, 15) is 9.18 Å².